The van der Waals surface area contributed by atoms with E-state index in [9.17, 15) is 18.0 Å². The Morgan fingerprint density at radius 3 is 2.09 bits per heavy atom. The summed E-state index contributed by atoms with van der Waals surface area (Å²) in [6.07, 6.45) is 0. The van der Waals surface area contributed by atoms with Gasteiger partial charge in [-0.3, -0.25) is 9.10 Å². The van der Waals surface area contributed by atoms with Gasteiger partial charge in [0.15, 0.2) is 0 Å². The van der Waals surface area contributed by atoms with Crippen LogP contribution in [0.5, 0.6) is 0 Å². The van der Waals surface area contributed by atoms with Crippen molar-refractivity contribution in [3.05, 3.63) is 88.4 Å². The zero-order valence-electron chi connectivity index (χ0n) is 19.0. The Balaban J connectivity index is 1.87. The van der Waals surface area contributed by atoms with Crippen LogP contribution in [0.25, 0.3) is 0 Å². The lowest BCUT2D eigenvalue weighted by atomic mass is 10.2. The van der Waals surface area contributed by atoms with Gasteiger partial charge in [-0.2, -0.15) is 0 Å². The van der Waals surface area contributed by atoms with E-state index < -0.39 is 28.4 Å². The van der Waals surface area contributed by atoms with Crippen molar-refractivity contribution in [2.45, 2.75) is 25.7 Å². The van der Waals surface area contributed by atoms with Crippen molar-refractivity contribution < 1.29 is 22.7 Å². The number of hydrogen-bond acceptors (Lipinski definition) is 5. The third-order valence-corrected chi connectivity index (χ3v) is 7.07. The predicted molar refractivity (Wildman–Crippen MR) is 133 cm³/mol. The highest BCUT2D eigenvalue weighted by atomic mass is 35.5. The molecule has 0 aliphatic carbocycles. The van der Waals surface area contributed by atoms with Crippen LogP contribution in [0.2, 0.25) is 5.02 Å². The number of hydrogen-bond donors (Lipinski definition) is 1. The minimum atomic E-state index is -4.02. The summed E-state index contributed by atoms with van der Waals surface area (Å²) in [5, 5.41) is 2.75. The first-order chi connectivity index (χ1) is 16.1. The number of halogens is 1. The molecule has 7 nitrogen and oxygen atoms in total. The first-order valence-corrected chi connectivity index (χ1v) is 12.4. The van der Waals surface area contributed by atoms with Gasteiger partial charge in [0.2, 0.25) is 5.91 Å². The van der Waals surface area contributed by atoms with Gasteiger partial charge in [0, 0.05) is 5.69 Å². The number of benzene rings is 3. The van der Waals surface area contributed by atoms with E-state index in [0.717, 1.165) is 15.4 Å². The number of nitrogens with one attached hydrogen (secondary N) is 1. The lowest BCUT2D eigenvalue weighted by Crippen LogP contribution is -2.38. The van der Waals surface area contributed by atoms with Gasteiger partial charge in [-0.05, 0) is 63.2 Å². The fourth-order valence-corrected chi connectivity index (χ4v) is 4.84. The standard InChI is InChI=1S/C25H25ClN2O5S/c1-4-33-25(30)22-14-9-19(15-23(22)26)27-24(29)16-28(20-10-5-17(2)6-11-20)34(31,32)21-12-7-18(3)8-13-21/h5-15H,4,16H2,1-3H3,(H,27,29). The summed E-state index contributed by atoms with van der Waals surface area (Å²) < 4.78 is 32.9. The summed E-state index contributed by atoms with van der Waals surface area (Å²) in [7, 11) is -4.02. The van der Waals surface area contributed by atoms with Crippen molar-refractivity contribution in [2.24, 2.45) is 0 Å². The van der Waals surface area contributed by atoms with Gasteiger partial charge in [0.1, 0.15) is 6.54 Å². The van der Waals surface area contributed by atoms with E-state index in [1.165, 1.54) is 30.3 Å². The van der Waals surface area contributed by atoms with Crippen molar-refractivity contribution >= 4 is 44.9 Å². The molecule has 1 N–H and O–H groups in total. The van der Waals surface area contributed by atoms with Gasteiger partial charge in [0.05, 0.1) is 27.8 Å². The Kier molecular flexibility index (Phi) is 7.96. The Bertz CT molecular complexity index is 1290. The highest BCUT2D eigenvalue weighted by Gasteiger charge is 2.27. The van der Waals surface area contributed by atoms with Crippen molar-refractivity contribution in [1.82, 2.24) is 0 Å². The first-order valence-electron chi connectivity index (χ1n) is 10.5. The van der Waals surface area contributed by atoms with Gasteiger partial charge in [-0.1, -0.05) is 47.0 Å². The molecule has 1 amide bonds. The quantitative estimate of drug-likeness (QED) is 0.441. The second-order valence-corrected chi connectivity index (χ2v) is 9.89. The zero-order valence-corrected chi connectivity index (χ0v) is 20.6. The summed E-state index contributed by atoms with van der Waals surface area (Å²) in [4.78, 5) is 24.9. The van der Waals surface area contributed by atoms with E-state index in [2.05, 4.69) is 5.32 Å². The highest BCUT2D eigenvalue weighted by molar-refractivity contribution is 7.92. The number of rotatable bonds is 8. The number of aryl methyl sites for hydroxylation is 2. The minimum Gasteiger partial charge on any atom is -0.462 e. The van der Waals surface area contributed by atoms with E-state index in [-0.39, 0.29) is 22.1 Å². The number of nitrogens with zero attached hydrogens (tertiary/aromatic N) is 1. The maximum absolute atomic E-state index is 13.4. The largest absolute Gasteiger partial charge is 0.462 e. The zero-order chi connectivity index (χ0) is 24.9. The van der Waals surface area contributed by atoms with Crippen LogP contribution in [-0.2, 0) is 19.6 Å². The molecular formula is C25H25ClN2O5S. The normalized spacial score (nSPS) is 11.1. The smallest absolute Gasteiger partial charge is 0.339 e. The summed E-state index contributed by atoms with van der Waals surface area (Å²) in [6, 6.07) is 17.6. The molecule has 0 unspecified atom stereocenters. The number of anilines is 2. The highest BCUT2D eigenvalue weighted by Crippen LogP contribution is 2.25. The average molecular weight is 501 g/mol. The molecule has 0 saturated carbocycles. The Hall–Kier alpha value is -3.36. The fourth-order valence-electron chi connectivity index (χ4n) is 3.16. The van der Waals surface area contributed by atoms with Crippen LogP contribution in [0, 0.1) is 13.8 Å². The molecule has 34 heavy (non-hydrogen) atoms. The molecule has 3 aromatic carbocycles. The third kappa shape index (κ3) is 5.95. The lowest BCUT2D eigenvalue weighted by Gasteiger charge is -2.24. The van der Waals surface area contributed by atoms with Crippen LogP contribution >= 0.6 is 11.6 Å². The second kappa shape index (κ2) is 10.7. The molecule has 0 saturated heterocycles. The van der Waals surface area contributed by atoms with Crippen LogP contribution in [0.15, 0.2) is 71.6 Å². The molecule has 0 aliphatic heterocycles. The number of sulfonamides is 1. The maximum Gasteiger partial charge on any atom is 0.339 e. The summed E-state index contributed by atoms with van der Waals surface area (Å²) >= 11 is 6.17. The van der Waals surface area contributed by atoms with E-state index in [1.807, 2.05) is 13.8 Å². The molecule has 0 radical (unpaired) electrons. The minimum absolute atomic E-state index is 0.0771. The van der Waals surface area contributed by atoms with E-state index in [1.54, 1.807) is 43.3 Å². The van der Waals surface area contributed by atoms with Gasteiger partial charge in [-0.25, -0.2) is 13.2 Å². The summed E-state index contributed by atoms with van der Waals surface area (Å²) in [5.74, 6) is -1.14. The van der Waals surface area contributed by atoms with Crippen molar-refractivity contribution in [3.63, 3.8) is 0 Å². The average Bonchev–Trinajstić information content (AvgIpc) is 2.78. The van der Waals surface area contributed by atoms with Crippen LogP contribution in [0.1, 0.15) is 28.4 Å². The van der Waals surface area contributed by atoms with Crippen LogP contribution < -0.4 is 9.62 Å². The maximum atomic E-state index is 13.4. The van der Waals surface area contributed by atoms with Crippen LogP contribution in [-0.4, -0.2) is 33.4 Å². The molecule has 0 fully saturated rings. The molecule has 0 aromatic heterocycles. The first kappa shape index (κ1) is 25.3. The Morgan fingerprint density at radius 2 is 1.53 bits per heavy atom. The SMILES string of the molecule is CCOC(=O)c1ccc(NC(=O)CN(c2ccc(C)cc2)S(=O)(=O)c2ccc(C)cc2)cc1Cl. The lowest BCUT2D eigenvalue weighted by molar-refractivity contribution is -0.114. The number of ether oxygens (including phenoxy) is 1. The van der Waals surface area contributed by atoms with Crippen molar-refractivity contribution in [1.29, 1.82) is 0 Å². The molecular weight excluding hydrogens is 476 g/mol. The number of esters is 1. The van der Waals surface area contributed by atoms with Gasteiger partial charge >= 0.3 is 5.97 Å². The van der Waals surface area contributed by atoms with Crippen molar-refractivity contribution in [3.8, 4) is 0 Å². The number of carbonyl (C=O) groups is 2. The number of carbonyl (C=O) groups excluding carboxylic acids is 2. The Labute approximate surface area is 204 Å². The molecule has 0 aliphatic rings. The van der Waals surface area contributed by atoms with Gasteiger partial charge < -0.3 is 10.1 Å². The molecule has 0 spiro atoms. The van der Waals surface area contributed by atoms with Crippen LogP contribution in [0.3, 0.4) is 0 Å². The summed E-state index contributed by atoms with van der Waals surface area (Å²) in [5.41, 5.74) is 2.72. The van der Waals surface area contributed by atoms with Crippen molar-refractivity contribution in [2.75, 3.05) is 22.8 Å². The Morgan fingerprint density at radius 1 is 0.941 bits per heavy atom. The molecule has 178 valence electrons. The molecule has 0 atom stereocenters. The summed E-state index contributed by atoms with van der Waals surface area (Å²) in [6.45, 7) is 5.18. The molecule has 9 heteroatoms. The van der Waals surface area contributed by atoms with Gasteiger partial charge in [0.25, 0.3) is 10.0 Å². The van der Waals surface area contributed by atoms with Crippen LogP contribution in [0.4, 0.5) is 11.4 Å². The topological polar surface area (TPSA) is 92.8 Å². The second-order valence-electron chi connectivity index (χ2n) is 7.62. The van der Waals surface area contributed by atoms with E-state index in [4.69, 9.17) is 16.3 Å². The third-order valence-electron chi connectivity index (χ3n) is 4.97. The fraction of sp³-hybridized carbons (Fsp3) is 0.200. The van der Waals surface area contributed by atoms with E-state index >= 15 is 0 Å². The van der Waals surface area contributed by atoms with E-state index in [0.29, 0.717) is 11.4 Å². The molecule has 3 rings (SSSR count). The molecule has 0 heterocycles. The number of amides is 1. The molecule has 3 aromatic rings. The molecule has 0 bridgehead atoms. The predicted octanol–water partition coefficient (Wildman–Crippen LogP) is 4.97. The monoisotopic (exact) mass is 500 g/mol. The van der Waals surface area contributed by atoms with Gasteiger partial charge in [-0.15, -0.1) is 0 Å².